The number of nitrogens with one attached hydrogen (secondary N) is 1. The summed E-state index contributed by atoms with van der Waals surface area (Å²) in [6.45, 7) is 5.78. The van der Waals surface area contributed by atoms with Gasteiger partial charge in [-0.3, -0.25) is 19.8 Å². The zero-order valence-corrected chi connectivity index (χ0v) is 15.6. The van der Waals surface area contributed by atoms with Gasteiger partial charge in [-0.15, -0.1) is 0 Å². The number of aryl methyl sites for hydroxylation is 1. The first-order chi connectivity index (χ1) is 12.2. The zero-order chi connectivity index (χ0) is 19.2. The van der Waals surface area contributed by atoms with Crippen LogP contribution in [0.3, 0.4) is 0 Å². The summed E-state index contributed by atoms with van der Waals surface area (Å²) < 4.78 is 2.02. The van der Waals surface area contributed by atoms with Crippen molar-refractivity contribution in [3.63, 3.8) is 0 Å². The molecule has 1 saturated heterocycles. The van der Waals surface area contributed by atoms with E-state index >= 15 is 0 Å². The molecule has 7 heteroatoms. The van der Waals surface area contributed by atoms with Crippen molar-refractivity contribution < 1.29 is 14.4 Å². The van der Waals surface area contributed by atoms with Crippen LogP contribution in [0.25, 0.3) is 11.8 Å². The van der Waals surface area contributed by atoms with Crippen molar-refractivity contribution in [2.24, 2.45) is 0 Å². The molecule has 1 aliphatic heterocycles. The number of benzene rings is 1. The maximum atomic E-state index is 12.3. The Balaban J connectivity index is 2.12. The van der Waals surface area contributed by atoms with Gasteiger partial charge >= 0.3 is 6.03 Å². The van der Waals surface area contributed by atoms with Crippen LogP contribution in [-0.4, -0.2) is 34.4 Å². The van der Waals surface area contributed by atoms with E-state index in [0.29, 0.717) is 5.02 Å². The summed E-state index contributed by atoms with van der Waals surface area (Å²) in [5.74, 6) is -1.32. The Kier molecular flexibility index (Phi) is 4.46. The van der Waals surface area contributed by atoms with Gasteiger partial charge in [0.25, 0.3) is 11.8 Å². The number of aromatic nitrogens is 1. The van der Waals surface area contributed by atoms with E-state index in [-0.39, 0.29) is 5.57 Å². The second-order valence-corrected chi connectivity index (χ2v) is 6.63. The average molecular weight is 372 g/mol. The molecule has 0 aliphatic carbocycles. The fourth-order valence-electron chi connectivity index (χ4n) is 3.04. The number of amides is 4. The quantitative estimate of drug-likeness (QED) is 0.651. The number of carbonyl (C=O) groups is 3. The van der Waals surface area contributed by atoms with E-state index < -0.39 is 17.8 Å². The van der Waals surface area contributed by atoms with Crippen LogP contribution in [0.4, 0.5) is 4.79 Å². The summed E-state index contributed by atoms with van der Waals surface area (Å²) in [7, 11) is 1.33. The predicted molar refractivity (Wildman–Crippen MR) is 99.3 cm³/mol. The Hall–Kier alpha value is -2.86. The smallest absolute Gasteiger partial charge is 0.318 e. The minimum Gasteiger partial charge on any atom is -0.318 e. The number of carbonyl (C=O) groups excluding carboxylic acids is 3. The van der Waals surface area contributed by atoms with E-state index in [4.69, 9.17) is 11.6 Å². The maximum absolute atomic E-state index is 12.3. The minimum absolute atomic E-state index is 0.0739. The van der Waals surface area contributed by atoms with Crippen molar-refractivity contribution in [2.75, 3.05) is 7.05 Å². The lowest BCUT2D eigenvalue weighted by molar-refractivity contribution is -0.129. The van der Waals surface area contributed by atoms with Crippen LogP contribution in [0.1, 0.15) is 22.5 Å². The molecule has 134 valence electrons. The highest BCUT2D eigenvalue weighted by Crippen LogP contribution is 2.28. The van der Waals surface area contributed by atoms with Crippen LogP contribution < -0.4 is 5.32 Å². The SMILES string of the molecule is Cc1c(Cl)cccc1-n1c(C)cc(/C=C2\C(=O)NC(=O)N(C)C2=O)c1C. The third-order valence-electron chi connectivity index (χ3n) is 4.55. The van der Waals surface area contributed by atoms with Crippen LogP contribution in [0.5, 0.6) is 0 Å². The molecule has 0 unspecified atom stereocenters. The third kappa shape index (κ3) is 2.82. The van der Waals surface area contributed by atoms with Gasteiger partial charge in [-0.05, 0) is 56.2 Å². The van der Waals surface area contributed by atoms with Gasteiger partial charge in [-0.25, -0.2) is 4.79 Å². The number of imide groups is 2. The Morgan fingerprint density at radius 2 is 1.81 bits per heavy atom. The molecule has 1 aromatic heterocycles. The number of likely N-dealkylation sites (N-methyl/N-ethyl adjacent to an activating group) is 1. The van der Waals surface area contributed by atoms with Gasteiger partial charge in [0, 0.05) is 29.1 Å². The largest absolute Gasteiger partial charge is 0.331 e. The Morgan fingerprint density at radius 1 is 1.12 bits per heavy atom. The number of barbiturate groups is 1. The first-order valence-electron chi connectivity index (χ1n) is 8.02. The number of rotatable bonds is 2. The number of urea groups is 1. The highest BCUT2D eigenvalue weighted by molar-refractivity contribution is 6.31. The lowest BCUT2D eigenvalue weighted by Crippen LogP contribution is -2.52. The first-order valence-corrected chi connectivity index (χ1v) is 8.39. The number of hydrogen-bond donors (Lipinski definition) is 1. The number of halogens is 1. The molecule has 0 saturated carbocycles. The van der Waals surface area contributed by atoms with Gasteiger partial charge in [0.15, 0.2) is 0 Å². The molecule has 2 heterocycles. The van der Waals surface area contributed by atoms with Gasteiger partial charge in [0.05, 0.1) is 0 Å². The van der Waals surface area contributed by atoms with Gasteiger partial charge < -0.3 is 4.57 Å². The van der Waals surface area contributed by atoms with Gasteiger partial charge in [-0.1, -0.05) is 17.7 Å². The Morgan fingerprint density at radius 3 is 2.50 bits per heavy atom. The first kappa shape index (κ1) is 17.9. The Bertz CT molecular complexity index is 988. The molecule has 1 N–H and O–H groups in total. The second-order valence-electron chi connectivity index (χ2n) is 6.23. The molecule has 3 rings (SSSR count). The second kappa shape index (κ2) is 6.46. The van der Waals surface area contributed by atoms with Crippen LogP contribution in [0, 0.1) is 20.8 Å². The summed E-state index contributed by atoms with van der Waals surface area (Å²) in [5.41, 5.74) is 4.32. The summed E-state index contributed by atoms with van der Waals surface area (Å²) in [6, 6.07) is 6.83. The normalized spacial score (nSPS) is 16.4. The van der Waals surface area contributed by atoms with Gasteiger partial charge in [0.2, 0.25) is 0 Å². The highest BCUT2D eigenvalue weighted by atomic mass is 35.5. The van der Waals surface area contributed by atoms with E-state index in [9.17, 15) is 14.4 Å². The summed E-state index contributed by atoms with van der Waals surface area (Å²) in [5, 5.41) is 2.82. The lowest BCUT2D eigenvalue weighted by atomic mass is 10.1. The summed E-state index contributed by atoms with van der Waals surface area (Å²) in [6.07, 6.45) is 1.51. The van der Waals surface area contributed by atoms with Crippen molar-refractivity contribution >= 4 is 35.5 Å². The van der Waals surface area contributed by atoms with Crippen LogP contribution >= 0.6 is 11.6 Å². The van der Waals surface area contributed by atoms with Crippen LogP contribution in [0.15, 0.2) is 29.8 Å². The Labute approximate surface area is 156 Å². The van der Waals surface area contributed by atoms with E-state index in [2.05, 4.69) is 5.32 Å². The van der Waals surface area contributed by atoms with Gasteiger partial charge in [0.1, 0.15) is 5.57 Å². The molecule has 6 nitrogen and oxygen atoms in total. The zero-order valence-electron chi connectivity index (χ0n) is 14.9. The highest BCUT2D eigenvalue weighted by Gasteiger charge is 2.33. The molecule has 0 bridgehead atoms. The standard InChI is InChI=1S/C19H18ClN3O3/c1-10-8-13(9-14-17(24)21-19(26)22(4)18(14)25)12(3)23(10)16-7-5-6-15(20)11(16)2/h5-9H,1-4H3,(H,21,24,26)/b14-9+. The fraction of sp³-hybridized carbons (Fsp3) is 0.211. The molecule has 1 aromatic carbocycles. The molecule has 2 aromatic rings. The van der Waals surface area contributed by atoms with E-state index in [0.717, 1.165) is 33.1 Å². The van der Waals surface area contributed by atoms with E-state index in [1.54, 1.807) is 0 Å². The molecule has 4 amide bonds. The van der Waals surface area contributed by atoms with Crippen molar-refractivity contribution in [1.82, 2.24) is 14.8 Å². The lowest BCUT2D eigenvalue weighted by Gasteiger charge is -2.22. The van der Waals surface area contributed by atoms with Crippen LogP contribution in [-0.2, 0) is 9.59 Å². The minimum atomic E-state index is -0.725. The maximum Gasteiger partial charge on any atom is 0.331 e. The molecule has 0 radical (unpaired) electrons. The van der Waals surface area contributed by atoms with Crippen molar-refractivity contribution in [2.45, 2.75) is 20.8 Å². The molecule has 26 heavy (non-hydrogen) atoms. The number of hydrogen-bond acceptors (Lipinski definition) is 3. The van der Waals surface area contributed by atoms with Crippen molar-refractivity contribution in [3.05, 3.63) is 57.4 Å². The average Bonchev–Trinajstić information content (AvgIpc) is 2.86. The molecule has 1 fully saturated rings. The van der Waals surface area contributed by atoms with Crippen molar-refractivity contribution in [1.29, 1.82) is 0 Å². The topological polar surface area (TPSA) is 71.4 Å². The molecular weight excluding hydrogens is 354 g/mol. The van der Waals surface area contributed by atoms with E-state index in [1.165, 1.54) is 13.1 Å². The number of nitrogens with zero attached hydrogens (tertiary/aromatic N) is 2. The fourth-order valence-corrected chi connectivity index (χ4v) is 3.21. The molecular formula is C19H18ClN3O3. The molecule has 0 spiro atoms. The molecule has 1 aliphatic rings. The molecule has 0 atom stereocenters. The van der Waals surface area contributed by atoms with Gasteiger partial charge in [-0.2, -0.15) is 0 Å². The predicted octanol–water partition coefficient (Wildman–Crippen LogP) is 3.15. The third-order valence-corrected chi connectivity index (χ3v) is 4.96. The van der Waals surface area contributed by atoms with Crippen LogP contribution in [0.2, 0.25) is 5.02 Å². The monoisotopic (exact) mass is 371 g/mol. The summed E-state index contributed by atoms with van der Waals surface area (Å²) in [4.78, 5) is 36.7. The van der Waals surface area contributed by atoms with E-state index in [1.807, 2.05) is 49.6 Å². The summed E-state index contributed by atoms with van der Waals surface area (Å²) >= 11 is 6.24. The van der Waals surface area contributed by atoms with Crippen molar-refractivity contribution in [3.8, 4) is 5.69 Å².